The van der Waals surface area contributed by atoms with Gasteiger partial charge in [-0.2, -0.15) is 0 Å². The first-order valence-corrected chi connectivity index (χ1v) is 10.3. The standard InChI is InChI=1S/C22H30F2N6.HI/c1-4-25-22(27-14-20(29(2)3)16-7-5-8-17(23)13-16)28-18-10-12-30(15-18)21-19(24)9-6-11-26-21;/h5-9,11,13,18,20H,4,10,12,14-15H2,1-3H3,(H2,25,27,28);1H. The van der Waals surface area contributed by atoms with Crippen molar-refractivity contribution in [3.63, 3.8) is 0 Å². The summed E-state index contributed by atoms with van der Waals surface area (Å²) in [5, 5.41) is 6.72. The minimum atomic E-state index is -0.303. The lowest BCUT2D eigenvalue weighted by atomic mass is 10.1. The molecule has 0 bridgehead atoms. The van der Waals surface area contributed by atoms with E-state index in [0.29, 0.717) is 24.9 Å². The number of benzene rings is 1. The minimum Gasteiger partial charge on any atom is -0.357 e. The summed E-state index contributed by atoms with van der Waals surface area (Å²) >= 11 is 0. The van der Waals surface area contributed by atoms with Gasteiger partial charge < -0.3 is 20.4 Å². The van der Waals surface area contributed by atoms with Crippen molar-refractivity contribution in [3.8, 4) is 0 Å². The van der Waals surface area contributed by atoms with Gasteiger partial charge in [-0.1, -0.05) is 12.1 Å². The first-order valence-electron chi connectivity index (χ1n) is 10.3. The fourth-order valence-electron chi connectivity index (χ4n) is 3.65. The van der Waals surface area contributed by atoms with E-state index < -0.39 is 0 Å². The maximum absolute atomic E-state index is 14.0. The van der Waals surface area contributed by atoms with Crippen LogP contribution in [0, 0.1) is 11.6 Å². The number of hydrogen-bond donors (Lipinski definition) is 2. The number of guanidine groups is 1. The Morgan fingerprint density at radius 2 is 2.10 bits per heavy atom. The summed E-state index contributed by atoms with van der Waals surface area (Å²) in [7, 11) is 3.92. The van der Waals surface area contributed by atoms with Gasteiger partial charge in [-0.3, -0.25) is 4.99 Å². The summed E-state index contributed by atoms with van der Waals surface area (Å²) in [6.45, 7) is 4.60. The molecule has 31 heavy (non-hydrogen) atoms. The summed E-state index contributed by atoms with van der Waals surface area (Å²) in [6.07, 6.45) is 2.47. The SMILES string of the molecule is CCNC(=NCC(c1cccc(F)c1)N(C)C)NC1CCN(c2ncccc2F)C1.I. The van der Waals surface area contributed by atoms with Crippen molar-refractivity contribution >= 4 is 35.8 Å². The van der Waals surface area contributed by atoms with Crippen molar-refractivity contribution in [2.75, 3.05) is 45.2 Å². The molecule has 3 rings (SSSR count). The van der Waals surface area contributed by atoms with Gasteiger partial charge in [-0.25, -0.2) is 13.8 Å². The normalized spacial score (nSPS) is 17.4. The highest BCUT2D eigenvalue weighted by molar-refractivity contribution is 14.0. The number of nitrogens with one attached hydrogen (secondary N) is 2. The first-order chi connectivity index (χ1) is 14.5. The zero-order chi connectivity index (χ0) is 21.5. The molecule has 1 aliphatic heterocycles. The largest absolute Gasteiger partial charge is 0.357 e. The third-order valence-corrected chi connectivity index (χ3v) is 5.19. The minimum absolute atomic E-state index is 0. The maximum Gasteiger partial charge on any atom is 0.191 e. The zero-order valence-electron chi connectivity index (χ0n) is 18.2. The molecule has 2 aromatic rings. The second-order valence-electron chi connectivity index (χ2n) is 7.64. The molecule has 170 valence electrons. The smallest absolute Gasteiger partial charge is 0.191 e. The van der Waals surface area contributed by atoms with E-state index >= 15 is 0 Å². The van der Waals surface area contributed by atoms with E-state index in [0.717, 1.165) is 25.1 Å². The van der Waals surface area contributed by atoms with E-state index in [9.17, 15) is 8.78 Å². The molecular formula is C22H31F2IN6. The van der Waals surface area contributed by atoms with Crippen LogP contribution in [-0.4, -0.2) is 62.2 Å². The van der Waals surface area contributed by atoms with Crippen molar-refractivity contribution in [3.05, 3.63) is 59.8 Å². The molecule has 0 amide bonds. The number of pyridine rings is 1. The van der Waals surface area contributed by atoms with E-state index in [1.165, 1.54) is 12.1 Å². The Morgan fingerprint density at radius 1 is 1.29 bits per heavy atom. The van der Waals surface area contributed by atoms with E-state index in [1.807, 2.05) is 36.9 Å². The van der Waals surface area contributed by atoms with Gasteiger partial charge in [0, 0.05) is 31.9 Å². The van der Waals surface area contributed by atoms with E-state index in [-0.39, 0.29) is 47.7 Å². The molecule has 1 saturated heterocycles. The van der Waals surface area contributed by atoms with Gasteiger partial charge in [0.05, 0.1) is 12.6 Å². The van der Waals surface area contributed by atoms with Crippen LogP contribution in [0.3, 0.4) is 0 Å². The number of rotatable bonds is 7. The molecule has 1 aliphatic rings. The third kappa shape index (κ3) is 6.99. The number of aliphatic imine (C=N–C) groups is 1. The lowest BCUT2D eigenvalue weighted by Crippen LogP contribution is -2.45. The predicted molar refractivity (Wildman–Crippen MR) is 132 cm³/mol. The van der Waals surface area contributed by atoms with Crippen LogP contribution in [0.2, 0.25) is 0 Å². The van der Waals surface area contributed by atoms with E-state index in [2.05, 4.69) is 15.6 Å². The number of aromatic nitrogens is 1. The summed E-state index contributed by atoms with van der Waals surface area (Å²) in [6, 6.07) is 9.76. The number of anilines is 1. The molecule has 6 nitrogen and oxygen atoms in total. The Morgan fingerprint density at radius 3 is 2.77 bits per heavy atom. The fraction of sp³-hybridized carbons (Fsp3) is 0.455. The monoisotopic (exact) mass is 544 g/mol. The molecule has 9 heteroatoms. The molecule has 0 saturated carbocycles. The second kappa shape index (κ2) is 12.1. The Hall–Kier alpha value is -2.01. The summed E-state index contributed by atoms with van der Waals surface area (Å²) < 4.78 is 27.7. The average Bonchev–Trinajstić information content (AvgIpc) is 3.16. The Labute approximate surface area is 200 Å². The van der Waals surface area contributed by atoms with Gasteiger partial charge in [0.2, 0.25) is 0 Å². The Balaban J connectivity index is 0.00000341. The van der Waals surface area contributed by atoms with Gasteiger partial charge in [-0.15, -0.1) is 24.0 Å². The number of halogens is 3. The van der Waals surface area contributed by atoms with E-state index in [1.54, 1.807) is 24.4 Å². The van der Waals surface area contributed by atoms with Gasteiger partial charge in [0.25, 0.3) is 0 Å². The highest BCUT2D eigenvalue weighted by Gasteiger charge is 2.26. The maximum atomic E-state index is 14.0. The Kier molecular flexibility index (Phi) is 9.89. The van der Waals surface area contributed by atoms with Gasteiger partial charge in [-0.05, 0) is 57.3 Å². The lowest BCUT2D eigenvalue weighted by molar-refractivity contribution is 0.305. The molecule has 1 aromatic carbocycles. The molecule has 2 N–H and O–H groups in total. The van der Waals surface area contributed by atoms with Crippen molar-refractivity contribution in [1.82, 2.24) is 20.5 Å². The predicted octanol–water partition coefficient (Wildman–Crippen LogP) is 3.41. The fourth-order valence-corrected chi connectivity index (χ4v) is 3.65. The average molecular weight is 544 g/mol. The van der Waals surface area contributed by atoms with Gasteiger partial charge in [0.1, 0.15) is 5.82 Å². The van der Waals surface area contributed by atoms with Crippen molar-refractivity contribution in [1.29, 1.82) is 0 Å². The van der Waals surface area contributed by atoms with Crippen LogP contribution in [-0.2, 0) is 0 Å². The van der Waals surface area contributed by atoms with Gasteiger partial charge in [0.15, 0.2) is 17.6 Å². The number of nitrogens with zero attached hydrogens (tertiary/aromatic N) is 4. The summed E-state index contributed by atoms with van der Waals surface area (Å²) in [4.78, 5) is 12.9. The van der Waals surface area contributed by atoms with Gasteiger partial charge >= 0.3 is 0 Å². The highest BCUT2D eigenvalue weighted by atomic mass is 127. The quantitative estimate of drug-likeness (QED) is 0.318. The van der Waals surface area contributed by atoms with Crippen LogP contribution in [0.4, 0.5) is 14.6 Å². The molecule has 1 aromatic heterocycles. The van der Waals surface area contributed by atoms with Crippen LogP contribution >= 0.6 is 24.0 Å². The van der Waals surface area contributed by atoms with Crippen LogP contribution in [0.1, 0.15) is 24.9 Å². The van der Waals surface area contributed by atoms with Crippen molar-refractivity contribution in [2.24, 2.45) is 4.99 Å². The van der Waals surface area contributed by atoms with Crippen molar-refractivity contribution in [2.45, 2.75) is 25.4 Å². The van der Waals surface area contributed by atoms with Crippen LogP contribution in [0.15, 0.2) is 47.6 Å². The number of hydrogen-bond acceptors (Lipinski definition) is 4. The summed E-state index contributed by atoms with van der Waals surface area (Å²) in [5.74, 6) is 0.542. The molecule has 2 unspecified atom stereocenters. The first kappa shape index (κ1) is 25.3. The molecule has 2 atom stereocenters. The molecule has 2 heterocycles. The Bertz CT molecular complexity index is 863. The van der Waals surface area contributed by atoms with Crippen LogP contribution in [0.5, 0.6) is 0 Å². The second-order valence-corrected chi connectivity index (χ2v) is 7.64. The summed E-state index contributed by atoms with van der Waals surface area (Å²) in [5.41, 5.74) is 0.886. The van der Waals surface area contributed by atoms with Crippen molar-refractivity contribution < 1.29 is 8.78 Å². The topological polar surface area (TPSA) is 55.8 Å². The van der Waals surface area contributed by atoms with E-state index in [4.69, 9.17) is 4.99 Å². The molecule has 1 fully saturated rings. The molecule has 0 radical (unpaired) electrons. The molecule has 0 aliphatic carbocycles. The molecule has 0 spiro atoms. The number of likely N-dealkylation sites (N-methyl/N-ethyl adjacent to an activating group) is 1. The van der Waals surface area contributed by atoms with Crippen LogP contribution < -0.4 is 15.5 Å². The highest BCUT2D eigenvalue weighted by Crippen LogP contribution is 2.21. The van der Waals surface area contributed by atoms with Crippen LogP contribution in [0.25, 0.3) is 0 Å². The zero-order valence-corrected chi connectivity index (χ0v) is 20.5. The third-order valence-electron chi connectivity index (χ3n) is 5.19. The lowest BCUT2D eigenvalue weighted by Gasteiger charge is -2.24. The molecular weight excluding hydrogens is 513 g/mol.